The SMILES string of the molecule is c1ccc2c(c1)CCc1c-2c2ccccc2n2c1nc1ccccc12. The van der Waals surface area contributed by atoms with E-state index in [9.17, 15) is 0 Å². The summed E-state index contributed by atoms with van der Waals surface area (Å²) in [5.41, 5.74) is 10.2. The Labute approximate surface area is 145 Å². The number of fused-ring (bicyclic) bond motifs is 10. The minimum atomic E-state index is 1.05. The van der Waals surface area contributed by atoms with Crippen molar-refractivity contribution >= 4 is 27.6 Å². The lowest BCUT2D eigenvalue weighted by Crippen LogP contribution is -2.07. The van der Waals surface area contributed by atoms with E-state index in [0.717, 1.165) is 24.0 Å². The zero-order valence-corrected chi connectivity index (χ0v) is 13.7. The van der Waals surface area contributed by atoms with Crippen LogP contribution in [-0.2, 0) is 12.8 Å². The van der Waals surface area contributed by atoms with Gasteiger partial charge in [-0.3, -0.25) is 4.40 Å². The standard InChI is InChI=1S/C23H16N2/c1-2-8-16-15(7-1)13-14-18-22(16)17-9-3-5-11-20(17)25-21-12-6-4-10-19(21)24-23(18)25/h1-12H,13-14H2. The molecule has 5 aromatic rings. The minimum absolute atomic E-state index is 1.05. The number of benzene rings is 3. The number of hydrogen-bond acceptors (Lipinski definition) is 1. The third kappa shape index (κ3) is 1.66. The van der Waals surface area contributed by atoms with E-state index >= 15 is 0 Å². The van der Waals surface area contributed by atoms with Crippen LogP contribution < -0.4 is 0 Å². The summed E-state index contributed by atoms with van der Waals surface area (Å²) in [4.78, 5) is 5.01. The number of aromatic nitrogens is 2. The lowest BCUT2D eigenvalue weighted by Gasteiger charge is -2.23. The lowest BCUT2D eigenvalue weighted by molar-refractivity contribution is 0.942. The van der Waals surface area contributed by atoms with E-state index in [1.165, 1.54) is 38.7 Å². The van der Waals surface area contributed by atoms with Crippen LogP contribution in [0, 0.1) is 0 Å². The van der Waals surface area contributed by atoms with Gasteiger partial charge in [0.15, 0.2) is 0 Å². The fourth-order valence-corrected chi connectivity index (χ4v) is 4.41. The quantitative estimate of drug-likeness (QED) is 0.373. The molecule has 0 fully saturated rings. The second-order valence-electron chi connectivity index (χ2n) is 6.79. The van der Waals surface area contributed by atoms with E-state index in [0.29, 0.717) is 0 Å². The van der Waals surface area contributed by atoms with Crippen LogP contribution in [-0.4, -0.2) is 9.38 Å². The highest BCUT2D eigenvalue weighted by Gasteiger charge is 2.23. The number of nitrogens with zero attached hydrogens (tertiary/aromatic N) is 2. The highest BCUT2D eigenvalue weighted by atomic mass is 15.0. The second kappa shape index (κ2) is 4.70. The number of pyridine rings is 1. The number of para-hydroxylation sites is 3. The molecular weight excluding hydrogens is 304 g/mol. The smallest absolute Gasteiger partial charge is 0.142 e. The van der Waals surface area contributed by atoms with Gasteiger partial charge in [-0.2, -0.15) is 0 Å². The second-order valence-corrected chi connectivity index (χ2v) is 6.79. The van der Waals surface area contributed by atoms with Crippen molar-refractivity contribution in [3.8, 4) is 11.1 Å². The summed E-state index contributed by atoms with van der Waals surface area (Å²) in [5, 5.41) is 1.32. The number of imidazole rings is 1. The fourth-order valence-electron chi connectivity index (χ4n) is 4.41. The van der Waals surface area contributed by atoms with Crippen LogP contribution in [0.15, 0.2) is 72.8 Å². The number of hydrogen-bond donors (Lipinski definition) is 0. The van der Waals surface area contributed by atoms with Crippen LogP contribution in [0.4, 0.5) is 0 Å². The Balaban J connectivity index is 1.92. The van der Waals surface area contributed by atoms with Crippen molar-refractivity contribution in [2.75, 3.05) is 0 Å². The summed E-state index contributed by atoms with van der Waals surface area (Å²) in [6, 6.07) is 26.0. The van der Waals surface area contributed by atoms with Crippen LogP contribution in [0.3, 0.4) is 0 Å². The predicted molar refractivity (Wildman–Crippen MR) is 103 cm³/mol. The van der Waals surface area contributed by atoms with Crippen LogP contribution in [0.25, 0.3) is 38.7 Å². The van der Waals surface area contributed by atoms with Crippen LogP contribution in [0.5, 0.6) is 0 Å². The first kappa shape index (κ1) is 13.2. The van der Waals surface area contributed by atoms with Crippen LogP contribution in [0.1, 0.15) is 11.1 Å². The van der Waals surface area contributed by atoms with Gasteiger partial charge in [-0.1, -0.05) is 54.6 Å². The molecule has 3 aromatic carbocycles. The Kier molecular flexibility index (Phi) is 2.48. The molecule has 2 nitrogen and oxygen atoms in total. The molecule has 0 N–H and O–H groups in total. The van der Waals surface area contributed by atoms with Gasteiger partial charge >= 0.3 is 0 Å². The zero-order chi connectivity index (χ0) is 16.4. The normalized spacial score (nSPS) is 13.3. The maximum Gasteiger partial charge on any atom is 0.142 e. The first-order chi connectivity index (χ1) is 12.4. The zero-order valence-electron chi connectivity index (χ0n) is 13.7. The van der Waals surface area contributed by atoms with Gasteiger partial charge in [0.2, 0.25) is 0 Å². The summed E-state index contributed by atoms with van der Waals surface area (Å²) in [6.07, 6.45) is 2.13. The molecular formula is C23H16N2. The van der Waals surface area contributed by atoms with Crippen molar-refractivity contribution in [2.24, 2.45) is 0 Å². The molecule has 0 saturated carbocycles. The van der Waals surface area contributed by atoms with E-state index < -0.39 is 0 Å². The molecule has 0 atom stereocenters. The molecule has 2 heterocycles. The molecule has 2 aromatic heterocycles. The third-order valence-corrected chi connectivity index (χ3v) is 5.48. The van der Waals surface area contributed by atoms with Gasteiger partial charge in [-0.25, -0.2) is 4.98 Å². The molecule has 0 spiro atoms. The van der Waals surface area contributed by atoms with Gasteiger partial charge in [-0.05, 0) is 47.7 Å². The van der Waals surface area contributed by atoms with Gasteiger partial charge in [0, 0.05) is 10.9 Å². The van der Waals surface area contributed by atoms with Crippen molar-refractivity contribution in [2.45, 2.75) is 12.8 Å². The molecule has 118 valence electrons. The van der Waals surface area contributed by atoms with E-state index in [4.69, 9.17) is 4.98 Å². The molecule has 1 aliphatic rings. The molecule has 1 aliphatic carbocycles. The van der Waals surface area contributed by atoms with Crippen molar-refractivity contribution in [3.05, 3.63) is 83.9 Å². The Hall–Kier alpha value is -3.13. The van der Waals surface area contributed by atoms with Crippen LogP contribution in [0.2, 0.25) is 0 Å². The van der Waals surface area contributed by atoms with Crippen molar-refractivity contribution in [1.29, 1.82) is 0 Å². The Morgan fingerprint density at radius 3 is 2.44 bits per heavy atom. The maximum absolute atomic E-state index is 5.01. The van der Waals surface area contributed by atoms with E-state index in [1.54, 1.807) is 0 Å². The molecule has 0 aliphatic heterocycles. The summed E-state index contributed by atoms with van der Waals surface area (Å²) < 4.78 is 2.34. The highest BCUT2D eigenvalue weighted by molar-refractivity contribution is 6.03. The molecule has 0 bridgehead atoms. The summed E-state index contributed by atoms with van der Waals surface area (Å²) in [5.74, 6) is 0. The topological polar surface area (TPSA) is 17.3 Å². The van der Waals surface area contributed by atoms with Gasteiger partial charge in [-0.15, -0.1) is 0 Å². The molecule has 6 rings (SSSR count). The molecule has 0 radical (unpaired) electrons. The number of rotatable bonds is 0. The number of aryl methyl sites for hydroxylation is 2. The molecule has 0 unspecified atom stereocenters. The highest BCUT2D eigenvalue weighted by Crippen LogP contribution is 2.41. The summed E-state index contributed by atoms with van der Waals surface area (Å²) >= 11 is 0. The monoisotopic (exact) mass is 320 g/mol. The molecule has 2 heteroatoms. The van der Waals surface area contributed by atoms with Crippen molar-refractivity contribution in [1.82, 2.24) is 9.38 Å². The molecule has 0 saturated heterocycles. The van der Waals surface area contributed by atoms with Gasteiger partial charge in [0.05, 0.1) is 16.6 Å². The van der Waals surface area contributed by atoms with Crippen molar-refractivity contribution < 1.29 is 0 Å². The Bertz CT molecular complexity index is 1290. The fraction of sp³-hybridized carbons (Fsp3) is 0.0870. The van der Waals surface area contributed by atoms with Gasteiger partial charge < -0.3 is 0 Å². The van der Waals surface area contributed by atoms with Crippen molar-refractivity contribution in [3.63, 3.8) is 0 Å². The van der Waals surface area contributed by atoms with Gasteiger partial charge in [0.1, 0.15) is 5.65 Å². The van der Waals surface area contributed by atoms with E-state index in [1.807, 2.05) is 0 Å². The minimum Gasteiger partial charge on any atom is -0.292 e. The lowest BCUT2D eigenvalue weighted by atomic mass is 9.84. The Morgan fingerprint density at radius 2 is 1.48 bits per heavy atom. The maximum atomic E-state index is 5.01. The van der Waals surface area contributed by atoms with Gasteiger partial charge in [0.25, 0.3) is 0 Å². The first-order valence-electron chi connectivity index (χ1n) is 8.81. The average molecular weight is 320 g/mol. The summed E-state index contributed by atoms with van der Waals surface area (Å²) in [7, 11) is 0. The van der Waals surface area contributed by atoms with Crippen LogP contribution >= 0.6 is 0 Å². The largest absolute Gasteiger partial charge is 0.292 e. The average Bonchev–Trinajstić information content (AvgIpc) is 3.07. The first-order valence-corrected chi connectivity index (χ1v) is 8.81. The molecule has 25 heavy (non-hydrogen) atoms. The van der Waals surface area contributed by atoms with E-state index in [-0.39, 0.29) is 0 Å². The third-order valence-electron chi connectivity index (χ3n) is 5.48. The molecule has 0 amide bonds. The summed E-state index contributed by atoms with van der Waals surface area (Å²) in [6.45, 7) is 0. The Morgan fingerprint density at radius 1 is 0.720 bits per heavy atom. The van der Waals surface area contributed by atoms with E-state index in [2.05, 4.69) is 77.2 Å². The predicted octanol–water partition coefficient (Wildman–Crippen LogP) is 5.41.